The van der Waals surface area contributed by atoms with Crippen LogP contribution < -0.4 is 5.32 Å². The van der Waals surface area contributed by atoms with Gasteiger partial charge >= 0.3 is 0 Å². The van der Waals surface area contributed by atoms with Gasteiger partial charge in [-0.2, -0.15) is 0 Å². The first kappa shape index (κ1) is 14.0. The fourth-order valence-electron chi connectivity index (χ4n) is 1.61. The Balaban J connectivity index is 2.03. The first-order valence-corrected chi connectivity index (χ1v) is 8.52. The Labute approximate surface area is 117 Å². The van der Waals surface area contributed by atoms with Crippen LogP contribution >= 0.6 is 11.3 Å². The van der Waals surface area contributed by atoms with Gasteiger partial charge in [0.05, 0.1) is 17.2 Å². The highest BCUT2D eigenvalue weighted by Gasteiger charge is 2.10. The predicted octanol–water partition coefficient (Wildman–Crippen LogP) is 2.86. The number of aryl methyl sites for hydroxylation is 1. The van der Waals surface area contributed by atoms with Crippen molar-refractivity contribution in [2.24, 2.45) is 0 Å². The van der Waals surface area contributed by atoms with E-state index in [4.69, 9.17) is 0 Å². The highest BCUT2D eigenvalue weighted by atomic mass is 32.2. The van der Waals surface area contributed by atoms with Crippen LogP contribution in [0.25, 0.3) is 0 Å². The largest absolute Gasteiger partial charge is 0.379 e. The standard InChI is InChI=1S/C13H16N2O2S2/c1-3-19(16,17)12-6-4-11(5-7-12)14-8-13-15-10(2)9-18-13/h4-7,9,14H,3,8H2,1-2H3. The molecule has 0 aliphatic carbocycles. The Bertz CT molecular complexity index is 646. The molecule has 0 saturated carbocycles. The molecule has 1 aromatic carbocycles. The van der Waals surface area contributed by atoms with Crippen molar-refractivity contribution in [3.63, 3.8) is 0 Å². The van der Waals surface area contributed by atoms with Gasteiger partial charge in [-0.3, -0.25) is 0 Å². The van der Waals surface area contributed by atoms with Crippen LogP contribution in [0.1, 0.15) is 17.6 Å². The van der Waals surface area contributed by atoms with Gasteiger partial charge in [-0.05, 0) is 31.2 Å². The van der Waals surface area contributed by atoms with Gasteiger partial charge in [0.2, 0.25) is 0 Å². The fraction of sp³-hybridized carbons (Fsp3) is 0.308. The minimum atomic E-state index is -3.12. The topological polar surface area (TPSA) is 59.1 Å². The second-order valence-electron chi connectivity index (χ2n) is 4.16. The van der Waals surface area contributed by atoms with E-state index in [0.29, 0.717) is 11.4 Å². The third-order valence-electron chi connectivity index (χ3n) is 2.70. The van der Waals surface area contributed by atoms with E-state index in [0.717, 1.165) is 16.4 Å². The Hall–Kier alpha value is -1.40. The number of rotatable bonds is 5. The van der Waals surface area contributed by atoms with E-state index < -0.39 is 9.84 Å². The van der Waals surface area contributed by atoms with Crippen molar-refractivity contribution in [2.45, 2.75) is 25.3 Å². The molecule has 0 saturated heterocycles. The molecule has 102 valence electrons. The van der Waals surface area contributed by atoms with Crippen LogP contribution in [0.4, 0.5) is 5.69 Å². The van der Waals surface area contributed by atoms with Gasteiger partial charge in [-0.25, -0.2) is 13.4 Å². The van der Waals surface area contributed by atoms with E-state index in [-0.39, 0.29) is 5.75 Å². The van der Waals surface area contributed by atoms with Crippen molar-refractivity contribution in [3.8, 4) is 0 Å². The lowest BCUT2D eigenvalue weighted by Gasteiger charge is -2.06. The van der Waals surface area contributed by atoms with E-state index in [1.807, 2.05) is 12.3 Å². The molecular formula is C13H16N2O2S2. The van der Waals surface area contributed by atoms with Gasteiger partial charge in [0.15, 0.2) is 9.84 Å². The quantitative estimate of drug-likeness (QED) is 0.921. The third kappa shape index (κ3) is 3.54. The zero-order valence-electron chi connectivity index (χ0n) is 10.9. The number of nitrogens with zero attached hydrogens (tertiary/aromatic N) is 1. The summed E-state index contributed by atoms with van der Waals surface area (Å²) < 4.78 is 23.3. The van der Waals surface area contributed by atoms with Gasteiger partial charge in [0, 0.05) is 16.8 Å². The van der Waals surface area contributed by atoms with Crippen molar-refractivity contribution in [1.29, 1.82) is 0 Å². The van der Waals surface area contributed by atoms with Crippen molar-refractivity contribution in [1.82, 2.24) is 4.98 Å². The number of anilines is 1. The zero-order valence-corrected chi connectivity index (χ0v) is 12.5. The summed E-state index contributed by atoms with van der Waals surface area (Å²) in [4.78, 5) is 4.72. The molecule has 0 spiro atoms. The highest BCUT2D eigenvalue weighted by molar-refractivity contribution is 7.91. The number of hydrogen-bond donors (Lipinski definition) is 1. The fourth-order valence-corrected chi connectivity index (χ4v) is 3.20. The number of aromatic nitrogens is 1. The average Bonchev–Trinajstić information content (AvgIpc) is 2.83. The molecule has 0 unspecified atom stereocenters. The van der Waals surface area contributed by atoms with Crippen LogP contribution in [0.15, 0.2) is 34.5 Å². The number of nitrogens with one attached hydrogen (secondary N) is 1. The van der Waals surface area contributed by atoms with E-state index in [1.165, 1.54) is 0 Å². The maximum absolute atomic E-state index is 11.7. The van der Waals surface area contributed by atoms with Crippen LogP contribution in [-0.2, 0) is 16.4 Å². The van der Waals surface area contributed by atoms with Crippen molar-refractivity contribution in [2.75, 3.05) is 11.1 Å². The maximum atomic E-state index is 11.7. The normalized spacial score (nSPS) is 11.5. The summed E-state index contributed by atoms with van der Waals surface area (Å²) in [5, 5.41) is 6.25. The number of benzene rings is 1. The summed E-state index contributed by atoms with van der Waals surface area (Å²) in [6.07, 6.45) is 0. The first-order valence-electron chi connectivity index (χ1n) is 5.99. The molecular weight excluding hydrogens is 280 g/mol. The first-order chi connectivity index (χ1) is 9.01. The molecule has 0 aliphatic rings. The zero-order chi connectivity index (χ0) is 13.9. The smallest absolute Gasteiger partial charge is 0.178 e. The monoisotopic (exact) mass is 296 g/mol. The van der Waals surface area contributed by atoms with Crippen LogP contribution in [-0.4, -0.2) is 19.2 Å². The molecule has 1 aromatic heterocycles. The van der Waals surface area contributed by atoms with Crippen molar-refractivity contribution >= 4 is 26.9 Å². The molecule has 19 heavy (non-hydrogen) atoms. The lowest BCUT2D eigenvalue weighted by Crippen LogP contribution is -2.04. The predicted molar refractivity (Wildman–Crippen MR) is 78.3 cm³/mol. The van der Waals surface area contributed by atoms with E-state index in [1.54, 1.807) is 42.5 Å². The number of thiazole rings is 1. The molecule has 2 rings (SSSR count). The summed E-state index contributed by atoms with van der Waals surface area (Å²) in [7, 11) is -3.12. The summed E-state index contributed by atoms with van der Waals surface area (Å²) in [6, 6.07) is 6.83. The van der Waals surface area contributed by atoms with Crippen LogP contribution in [0, 0.1) is 6.92 Å². The Morgan fingerprint density at radius 3 is 2.47 bits per heavy atom. The molecule has 1 N–H and O–H groups in total. The average molecular weight is 296 g/mol. The van der Waals surface area contributed by atoms with Crippen LogP contribution in [0.2, 0.25) is 0 Å². The van der Waals surface area contributed by atoms with E-state index in [2.05, 4.69) is 10.3 Å². The molecule has 0 bridgehead atoms. The lowest BCUT2D eigenvalue weighted by atomic mass is 10.3. The van der Waals surface area contributed by atoms with Gasteiger partial charge in [0.1, 0.15) is 5.01 Å². The molecule has 6 heteroatoms. The SMILES string of the molecule is CCS(=O)(=O)c1ccc(NCc2nc(C)cs2)cc1. The van der Waals surface area contributed by atoms with Crippen LogP contribution in [0.5, 0.6) is 0 Å². The Morgan fingerprint density at radius 2 is 1.95 bits per heavy atom. The molecule has 0 aliphatic heterocycles. The van der Waals surface area contributed by atoms with Gasteiger partial charge < -0.3 is 5.32 Å². The Morgan fingerprint density at radius 1 is 1.26 bits per heavy atom. The molecule has 0 fully saturated rings. The van der Waals surface area contributed by atoms with Gasteiger partial charge in [0.25, 0.3) is 0 Å². The minimum Gasteiger partial charge on any atom is -0.379 e. The molecule has 0 amide bonds. The summed E-state index contributed by atoms with van der Waals surface area (Å²) in [5.41, 5.74) is 1.91. The van der Waals surface area contributed by atoms with Crippen LogP contribution in [0.3, 0.4) is 0 Å². The third-order valence-corrected chi connectivity index (χ3v) is 5.42. The lowest BCUT2D eigenvalue weighted by molar-refractivity contribution is 0.597. The van der Waals surface area contributed by atoms with E-state index in [9.17, 15) is 8.42 Å². The second kappa shape index (κ2) is 5.71. The highest BCUT2D eigenvalue weighted by Crippen LogP contribution is 2.17. The summed E-state index contributed by atoms with van der Waals surface area (Å²) >= 11 is 1.61. The van der Waals surface area contributed by atoms with Crippen molar-refractivity contribution in [3.05, 3.63) is 40.3 Å². The van der Waals surface area contributed by atoms with Crippen molar-refractivity contribution < 1.29 is 8.42 Å². The minimum absolute atomic E-state index is 0.123. The van der Waals surface area contributed by atoms with E-state index >= 15 is 0 Å². The molecule has 1 heterocycles. The number of sulfone groups is 1. The molecule has 0 atom stereocenters. The Kier molecular flexibility index (Phi) is 4.21. The molecule has 2 aromatic rings. The molecule has 0 radical (unpaired) electrons. The second-order valence-corrected chi connectivity index (χ2v) is 7.38. The van der Waals surface area contributed by atoms with Gasteiger partial charge in [-0.15, -0.1) is 11.3 Å². The van der Waals surface area contributed by atoms with Gasteiger partial charge in [-0.1, -0.05) is 6.92 Å². The maximum Gasteiger partial charge on any atom is 0.178 e. The summed E-state index contributed by atoms with van der Waals surface area (Å²) in [5.74, 6) is 0.123. The number of hydrogen-bond acceptors (Lipinski definition) is 5. The summed E-state index contributed by atoms with van der Waals surface area (Å²) in [6.45, 7) is 4.26. The molecule has 4 nitrogen and oxygen atoms in total.